The standard InChI is InChI=1S/C15H12Cl2N2O/c16-11-3-1-9(6-12(11)17)15(18)8-2-4-13-10(5-8)7-14(20)19-13/h1-6,15H,7,18H2,(H,19,20). The van der Waals surface area contributed by atoms with E-state index in [2.05, 4.69) is 5.32 Å². The van der Waals surface area contributed by atoms with E-state index in [4.69, 9.17) is 28.9 Å². The minimum Gasteiger partial charge on any atom is -0.326 e. The maximum absolute atomic E-state index is 11.4. The van der Waals surface area contributed by atoms with Gasteiger partial charge in [0.05, 0.1) is 22.5 Å². The molecule has 2 aromatic rings. The third-order valence-electron chi connectivity index (χ3n) is 3.42. The van der Waals surface area contributed by atoms with Crippen molar-refractivity contribution in [2.24, 2.45) is 5.73 Å². The SMILES string of the molecule is NC(c1ccc(Cl)c(Cl)c1)c1ccc2c(c1)CC(=O)N2. The second-order valence-electron chi connectivity index (χ2n) is 4.79. The fraction of sp³-hybridized carbons (Fsp3) is 0.133. The highest BCUT2D eigenvalue weighted by molar-refractivity contribution is 6.42. The molecule has 5 heteroatoms. The molecule has 102 valence electrons. The van der Waals surface area contributed by atoms with Gasteiger partial charge in [0, 0.05) is 5.69 Å². The number of carbonyl (C=O) groups excluding carboxylic acids is 1. The molecule has 0 saturated carbocycles. The van der Waals surface area contributed by atoms with Gasteiger partial charge in [-0.25, -0.2) is 0 Å². The third kappa shape index (κ3) is 2.40. The highest BCUT2D eigenvalue weighted by Crippen LogP contribution is 2.30. The van der Waals surface area contributed by atoms with E-state index in [1.54, 1.807) is 12.1 Å². The van der Waals surface area contributed by atoms with Crippen molar-refractivity contribution in [3.05, 3.63) is 63.1 Å². The van der Waals surface area contributed by atoms with Crippen LogP contribution in [0, 0.1) is 0 Å². The summed E-state index contributed by atoms with van der Waals surface area (Å²) in [4.78, 5) is 11.4. The van der Waals surface area contributed by atoms with Crippen molar-refractivity contribution in [2.45, 2.75) is 12.5 Å². The fourth-order valence-electron chi connectivity index (χ4n) is 2.34. The number of halogens is 2. The molecule has 3 rings (SSSR count). The summed E-state index contributed by atoms with van der Waals surface area (Å²) in [7, 11) is 0. The Morgan fingerprint density at radius 3 is 2.50 bits per heavy atom. The number of anilines is 1. The largest absolute Gasteiger partial charge is 0.326 e. The molecule has 0 radical (unpaired) electrons. The second-order valence-corrected chi connectivity index (χ2v) is 5.61. The van der Waals surface area contributed by atoms with Gasteiger partial charge in [-0.3, -0.25) is 4.79 Å². The van der Waals surface area contributed by atoms with Crippen LogP contribution in [0.15, 0.2) is 36.4 Å². The maximum Gasteiger partial charge on any atom is 0.228 e. The van der Waals surface area contributed by atoms with Crippen molar-refractivity contribution in [1.82, 2.24) is 0 Å². The van der Waals surface area contributed by atoms with Crippen LogP contribution in [-0.2, 0) is 11.2 Å². The molecular formula is C15H12Cl2N2O. The molecule has 1 amide bonds. The van der Waals surface area contributed by atoms with Crippen LogP contribution in [0.5, 0.6) is 0 Å². The van der Waals surface area contributed by atoms with E-state index in [1.807, 2.05) is 24.3 Å². The zero-order valence-corrected chi connectivity index (χ0v) is 12.0. The Labute approximate surface area is 126 Å². The van der Waals surface area contributed by atoms with Gasteiger partial charge in [-0.2, -0.15) is 0 Å². The number of carbonyl (C=O) groups is 1. The number of hydrogen-bond donors (Lipinski definition) is 2. The first-order valence-corrected chi connectivity index (χ1v) is 6.93. The van der Waals surface area contributed by atoms with Crippen LogP contribution in [-0.4, -0.2) is 5.91 Å². The summed E-state index contributed by atoms with van der Waals surface area (Å²) in [6.07, 6.45) is 0.400. The fourth-order valence-corrected chi connectivity index (χ4v) is 2.65. The van der Waals surface area contributed by atoms with Crippen molar-refractivity contribution in [3.8, 4) is 0 Å². The lowest BCUT2D eigenvalue weighted by molar-refractivity contribution is -0.115. The van der Waals surface area contributed by atoms with E-state index >= 15 is 0 Å². The summed E-state index contributed by atoms with van der Waals surface area (Å²) in [5, 5.41) is 3.79. The molecule has 0 spiro atoms. The molecule has 3 N–H and O–H groups in total. The summed E-state index contributed by atoms with van der Waals surface area (Å²) in [5.74, 6) is 0.0141. The molecule has 2 aromatic carbocycles. The third-order valence-corrected chi connectivity index (χ3v) is 4.16. The number of nitrogens with one attached hydrogen (secondary N) is 1. The van der Waals surface area contributed by atoms with Crippen LogP contribution in [0.1, 0.15) is 22.7 Å². The minimum atomic E-state index is -0.300. The van der Waals surface area contributed by atoms with Gasteiger partial charge in [-0.15, -0.1) is 0 Å². The van der Waals surface area contributed by atoms with Crippen molar-refractivity contribution in [3.63, 3.8) is 0 Å². The molecular weight excluding hydrogens is 295 g/mol. The molecule has 1 aliphatic rings. The number of rotatable bonds is 2. The first kappa shape index (κ1) is 13.4. The molecule has 1 unspecified atom stereocenters. The highest BCUT2D eigenvalue weighted by Gasteiger charge is 2.19. The quantitative estimate of drug-likeness (QED) is 0.891. The molecule has 0 fully saturated rings. The summed E-state index contributed by atoms with van der Waals surface area (Å²) >= 11 is 11.9. The Hall–Kier alpha value is -1.55. The average Bonchev–Trinajstić information content (AvgIpc) is 2.80. The van der Waals surface area contributed by atoms with Crippen LogP contribution in [0.3, 0.4) is 0 Å². The van der Waals surface area contributed by atoms with Crippen LogP contribution >= 0.6 is 23.2 Å². The van der Waals surface area contributed by atoms with Gasteiger partial charge in [0.2, 0.25) is 5.91 Å². The van der Waals surface area contributed by atoms with Gasteiger partial charge in [0.25, 0.3) is 0 Å². The molecule has 0 bridgehead atoms. The van der Waals surface area contributed by atoms with Gasteiger partial charge in [-0.1, -0.05) is 41.4 Å². The van der Waals surface area contributed by atoms with Gasteiger partial charge >= 0.3 is 0 Å². The molecule has 20 heavy (non-hydrogen) atoms. The smallest absolute Gasteiger partial charge is 0.228 e. The van der Waals surface area contributed by atoms with Crippen molar-refractivity contribution in [2.75, 3.05) is 5.32 Å². The van der Waals surface area contributed by atoms with Crippen LogP contribution in [0.4, 0.5) is 5.69 Å². The first-order valence-electron chi connectivity index (χ1n) is 6.18. The zero-order valence-electron chi connectivity index (χ0n) is 10.5. The van der Waals surface area contributed by atoms with E-state index in [9.17, 15) is 4.79 Å². The van der Waals surface area contributed by atoms with Crippen LogP contribution < -0.4 is 11.1 Å². The maximum atomic E-state index is 11.4. The number of amides is 1. The monoisotopic (exact) mass is 306 g/mol. The van der Waals surface area contributed by atoms with E-state index in [1.165, 1.54) is 0 Å². The van der Waals surface area contributed by atoms with Crippen molar-refractivity contribution in [1.29, 1.82) is 0 Å². The van der Waals surface area contributed by atoms with Gasteiger partial charge in [0.1, 0.15) is 0 Å². The lowest BCUT2D eigenvalue weighted by atomic mass is 9.97. The van der Waals surface area contributed by atoms with Crippen LogP contribution in [0.2, 0.25) is 10.0 Å². The van der Waals surface area contributed by atoms with Gasteiger partial charge < -0.3 is 11.1 Å². The Kier molecular flexibility index (Phi) is 3.42. The van der Waals surface area contributed by atoms with Gasteiger partial charge in [0.15, 0.2) is 0 Å². The Bertz CT molecular complexity index is 700. The summed E-state index contributed by atoms with van der Waals surface area (Å²) in [6.45, 7) is 0. The molecule has 0 aromatic heterocycles. The molecule has 1 heterocycles. The Morgan fingerprint density at radius 1 is 1.05 bits per heavy atom. The van der Waals surface area contributed by atoms with E-state index in [0.717, 1.165) is 22.4 Å². The second kappa shape index (κ2) is 5.09. The predicted molar refractivity (Wildman–Crippen MR) is 81.3 cm³/mol. The van der Waals surface area contributed by atoms with Crippen molar-refractivity contribution < 1.29 is 4.79 Å². The molecule has 0 aliphatic carbocycles. The summed E-state index contributed by atoms with van der Waals surface area (Å²) in [6, 6.07) is 10.8. The van der Waals surface area contributed by atoms with E-state index in [0.29, 0.717) is 16.5 Å². The minimum absolute atomic E-state index is 0.0141. The normalized spacial score (nSPS) is 14.8. The highest BCUT2D eigenvalue weighted by atomic mass is 35.5. The predicted octanol–water partition coefficient (Wildman–Crippen LogP) is 3.54. The Balaban J connectivity index is 1.94. The molecule has 0 saturated heterocycles. The Morgan fingerprint density at radius 2 is 1.75 bits per heavy atom. The van der Waals surface area contributed by atoms with E-state index < -0.39 is 0 Å². The first-order chi connectivity index (χ1) is 9.54. The zero-order chi connectivity index (χ0) is 14.3. The van der Waals surface area contributed by atoms with Crippen LogP contribution in [0.25, 0.3) is 0 Å². The number of nitrogens with two attached hydrogens (primary N) is 1. The molecule has 3 nitrogen and oxygen atoms in total. The summed E-state index contributed by atoms with van der Waals surface area (Å²) in [5.41, 5.74) is 9.92. The summed E-state index contributed by atoms with van der Waals surface area (Å²) < 4.78 is 0. The topological polar surface area (TPSA) is 55.1 Å². The lowest BCUT2D eigenvalue weighted by Gasteiger charge is -2.14. The molecule has 1 aliphatic heterocycles. The van der Waals surface area contributed by atoms with Crippen molar-refractivity contribution >= 4 is 34.8 Å². The lowest BCUT2D eigenvalue weighted by Crippen LogP contribution is -2.12. The molecule has 1 atom stereocenters. The number of benzene rings is 2. The number of fused-ring (bicyclic) bond motifs is 1. The van der Waals surface area contributed by atoms with E-state index in [-0.39, 0.29) is 11.9 Å². The average molecular weight is 307 g/mol. The number of hydrogen-bond acceptors (Lipinski definition) is 2. The van der Waals surface area contributed by atoms with Gasteiger partial charge in [-0.05, 0) is 34.9 Å².